The van der Waals surface area contributed by atoms with Gasteiger partial charge in [-0.2, -0.15) is 0 Å². The van der Waals surface area contributed by atoms with Crippen molar-refractivity contribution in [3.63, 3.8) is 0 Å². The van der Waals surface area contributed by atoms with Crippen molar-refractivity contribution in [3.05, 3.63) is 53.6 Å². The van der Waals surface area contributed by atoms with Gasteiger partial charge in [0.1, 0.15) is 0 Å². The molecule has 0 saturated heterocycles. The molecule has 0 aromatic heterocycles. The summed E-state index contributed by atoms with van der Waals surface area (Å²) >= 11 is 0. The number of aromatic hydroxyl groups is 2. The number of carbonyl (C=O) groups excluding carboxylic acids is 1. The number of benzene rings is 2. The predicted molar refractivity (Wildman–Crippen MR) is 81.1 cm³/mol. The van der Waals surface area contributed by atoms with Crippen molar-refractivity contribution in [3.8, 4) is 11.5 Å². The Balaban J connectivity index is 2.29. The summed E-state index contributed by atoms with van der Waals surface area (Å²) in [5.41, 5.74) is 7.33. The zero-order chi connectivity index (χ0) is 15.6. The number of hydrogen-bond donors (Lipinski definition) is 3. The Kier molecular flexibility index (Phi) is 4.03. The standard InChI is InChI=1S/C16H18N2O3/c1-10(11-5-3-6-12(17)9-11)18(2)16(21)13-7-4-8-14(19)15(13)20/h3-10,19-20H,17H2,1-2H3. The Hall–Kier alpha value is -2.69. The molecule has 1 unspecified atom stereocenters. The third-order valence-corrected chi connectivity index (χ3v) is 3.54. The van der Waals surface area contributed by atoms with E-state index >= 15 is 0 Å². The van der Waals surface area contributed by atoms with E-state index in [1.807, 2.05) is 19.1 Å². The maximum atomic E-state index is 12.4. The number of phenols is 2. The highest BCUT2D eigenvalue weighted by atomic mass is 16.3. The fourth-order valence-corrected chi connectivity index (χ4v) is 2.11. The van der Waals surface area contributed by atoms with Gasteiger partial charge in [-0.1, -0.05) is 18.2 Å². The second-order valence-corrected chi connectivity index (χ2v) is 4.94. The molecule has 1 amide bonds. The molecule has 5 nitrogen and oxygen atoms in total. The molecular weight excluding hydrogens is 268 g/mol. The highest BCUT2D eigenvalue weighted by molar-refractivity contribution is 5.97. The fraction of sp³-hybridized carbons (Fsp3) is 0.188. The Labute approximate surface area is 123 Å². The molecule has 0 aliphatic carbocycles. The summed E-state index contributed by atoms with van der Waals surface area (Å²) < 4.78 is 0. The summed E-state index contributed by atoms with van der Waals surface area (Å²) in [4.78, 5) is 13.9. The van der Waals surface area contributed by atoms with E-state index in [1.54, 1.807) is 19.2 Å². The van der Waals surface area contributed by atoms with E-state index in [1.165, 1.54) is 23.1 Å². The number of para-hydroxylation sites is 1. The Bertz CT molecular complexity index is 670. The number of carbonyl (C=O) groups is 1. The molecule has 0 spiro atoms. The lowest BCUT2D eigenvalue weighted by Gasteiger charge is -2.26. The van der Waals surface area contributed by atoms with E-state index in [4.69, 9.17) is 5.73 Å². The Morgan fingerprint density at radius 3 is 2.52 bits per heavy atom. The smallest absolute Gasteiger partial charge is 0.258 e. The average molecular weight is 286 g/mol. The molecule has 2 aromatic rings. The molecule has 0 radical (unpaired) electrons. The normalized spacial score (nSPS) is 11.9. The van der Waals surface area contributed by atoms with Gasteiger partial charge in [0.2, 0.25) is 0 Å². The second-order valence-electron chi connectivity index (χ2n) is 4.94. The third kappa shape index (κ3) is 2.91. The summed E-state index contributed by atoms with van der Waals surface area (Å²) in [5, 5.41) is 19.3. The average Bonchev–Trinajstić information content (AvgIpc) is 2.48. The van der Waals surface area contributed by atoms with Crippen molar-refractivity contribution in [2.45, 2.75) is 13.0 Å². The molecule has 2 aromatic carbocycles. The summed E-state index contributed by atoms with van der Waals surface area (Å²) in [6.07, 6.45) is 0. The molecule has 0 heterocycles. The van der Waals surface area contributed by atoms with Gasteiger partial charge in [0.05, 0.1) is 11.6 Å². The molecule has 0 fully saturated rings. The number of phenolic OH excluding ortho intramolecular Hbond substituents is 2. The SMILES string of the molecule is CC(c1cccc(N)c1)N(C)C(=O)c1cccc(O)c1O. The van der Waals surface area contributed by atoms with Crippen LogP contribution < -0.4 is 5.73 Å². The Morgan fingerprint density at radius 2 is 1.86 bits per heavy atom. The first-order valence-corrected chi connectivity index (χ1v) is 6.55. The number of anilines is 1. The van der Waals surface area contributed by atoms with Crippen LogP contribution in [0.5, 0.6) is 11.5 Å². The highest BCUT2D eigenvalue weighted by Gasteiger charge is 2.22. The Morgan fingerprint density at radius 1 is 1.19 bits per heavy atom. The van der Waals surface area contributed by atoms with E-state index < -0.39 is 5.75 Å². The van der Waals surface area contributed by atoms with Gasteiger partial charge in [0.25, 0.3) is 5.91 Å². The quantitative estimate of drug-likeness (QED) is 0.597. The summed E-state index contributed by atoms with van der Waals surface area (Å²) in [5.74, 6) is -1.10. The van der Waals surface area contributed by atoms with Crippen molar-refractivity contribution < 1.29 is 15.0 Å². The number of nitrogens with zero attached hydrogens (tertiary/aromatic N) is 1. The largest absolute Gasteiger partial charge is 0.504 e. The predicted octanol–water partition coefficient (Wildman–Crippen LogP) is 2.51. The monoisotopic (exact) mass is 286 g/mol. The van der Waals surface area contributed by atoms with Gasteiger partial charge in [-0.05, 0) is 36.8 Å². The zero-order valence-corrected chi connectivity index (χ0v) is 11.9. The van der Waals surface area contributed by atoms with Crippen LogP contribution in [0.15, 0.2) is 42.5 Å². The molecule has 1 atom stereocenters. The van der Waals surface area contributed by atoms with Crippen LogP contribution >= 0.6 is 0 Å². The molecule has 0 aliphatic rings. The zero-order valence-electron chi connectivity index (χ0n) is 11.9. The van der Waals surface area contributed by atoms with Gasteiger partial charge in [0, 0.05) is 12.7 Å². The van der Waals surface area contributed by atoms with Gasteiger partial charge in [0.15, 0.2) is 11.5 Å². The lowest BCUT2D eigenvalue weighted by molar-refractivity contribution is 0.0739. The molecule has 4 N–H and O–H groups in total. The number of amides is 1. The van der Waals surface area contributed by atoms with E-state index in [0.717, 1.165) is 5.56 Å². The third-order valence-electron chi connectivity index (χ3n) is 3.54. The van der Waals surface area contributed by atoms with E-state index in [-0.39, 0.29) is 23.3 Å². The van der Waals surface area contributed by atoms with Crippen LogP contribution in [0, 0.1) is 0 Å². The van der Waals surface area contributed by atoms with Crippen LogP contribution in [-0.4, -0.2) is 28.1 Å². The summed E-state index contributed by atoms with van der Waals surface area (Å²) in [7, 11) is 1.64. The molecule has 2 rings (SSSR count). The van der Waals surface area contributed by atoms with E-state index in [9.17, 15) is 15.0 Å². The molecule has 110 valence electrons. The number of rotatable bonds is 3. The topological polar surface area (TPSA) is 86.8 Å². The number of nitrogen functional groups attached to an aromatic ring is 1. The first-order valence-electron chi connectivity index (χ1n) is 6.55. The number of nitrogens with two attached hydrogens (primary N) is 1. The molecule has 21 heavy (non-hydrogen) atoms. The molecule has 0 bridgehead atoms. The van der Waals surface area contributed by atoms with Gasteiger partial charge in [-0.15, -0.1) is 0 Å². The minimum Gasteiger partial charge on any atom is -0.504 e. The van der Waals surface area contributed by atoms with Gasteiger partial charge in [-0.25, -0.2) is 0 Å². The van der Waals surface area contributed by atoms with Crippen molar-refractivity contribution in [1.82, 2.24) is 4.90 Å². The summed E-state index contributed by atoms with van der Waals surface area (Å²) in [6, 6.07) is 11.4. The van der Waals surface area contributed by atoms with Crippen LogP contribution in [0.2, 0.25) is 0 Å². The van der Waals surface area contributed by atoms with Crippen LogP contribution in [-0.2, 0) is 0 Å². The lowest BCUT2D eigenvalue weighted by atomic mass is 10.1. The van der Waals surface area contributed by atoms with Gasteiger partial charge in [-0.3, -0.25) is 4.79 Å². The van der Waals surface area contributed by atoms with Crippen molar-refractivity contribution in [2.75, 3.05) is 12.8 Å². The van der Waals surface area contributed by atoms with Crippen LogP contribution in [0.3, 0.4) is 0 Å². The van der Waals surface area contributed by atoms with Gasteiger partial charge < -0.3 is 20.8 Å². The van der Waals surface area contributed by atoms with Gasteiger partial charge >= 0.3 is 0 Å². The molecule has 0 aliphatic heterocycles. The van der Waals surface area contributed by atoms with E-state index in [2.05, 4.69) is 0 Å². The summed E-state index contributed by atoms with van der Waals surface area (Å²) in [6.45, 7) is 1.87. The molecule has 0 saturated carbocycles. The molecule has 5 heteroatoms. The first-order chi connectivity index (χ1) is 9.91. The minimum atomic E-state index is -0.408. The second kappa shape index (κ2) is 5.75. The van der Waals surface area contributed by atoms with Crippen molar-refractivity contribution in [1.29, 1.82) is 0 Å². The van der Waals surface area contributed by atoms with Crippen LogP contribution in [0.4, 0.5) is 5.69 Å². The van der Waals surface area contributed by atoms with E-state index in [0.29, 0.717) is 5.69 Å². The van der Waals surface area contributed by atoms with Crippen LogP contribution in [0.1, 0.15) is 28.9 Å². The first kappa shape index (κ1) is 14.7. The van der Waals surface area contributed by atoms with Crippen LogP contribution in [0.25, 0.3) is 0 Å². The number of hydrogen-bond acceptors (Lipinski definition) is 4. The van der Waals surface area contributed by atoms with Crippen molar-refractivity contribution >= 4 is 11.6 Å². The lowest BCUT2D eigenvalue weighted by Crippen LogP contribution is -2.29. The maximum absolute atomic E-state index is 12.4. The fourth-order valence-electron chi connectivity index (χ4n) is 2.11. The molecular formula is C16H18N2O3. The van der Waals surface area contributed by atoms with Crippen molar-refractivity contribution in [2.24, 2.45) is 0 Å². The minimum absolute atomic E-state index is 0.0632. The maximum Gasteiger partial charge on any atom is 0.258 e. The highest BCUT2D eigenvalue weighted by Crippen LogP contribution is 2.31.